The minimum atomic E-state index is -0.242. The van der Waals surface area contributed by atoms with Crippen molar-refractivity contribution in [3.63, 3.8) is 0 Å². The molecule has 0 spiro atoms. The highest BCUT2D eigenvalue weighted by atomic mass is 19.1. The Kier molecular flexibility index (Phi) is 5.39. The fourth-order valence-electron chi connectivity index (χ4n) is 1.76. The molecule has 0 aromatic heterocycles. The molecule has 2 nitrogen and oxygen atoms in total. The van der Waals surface area contributed by atoms with Crippen LogP contribution in [0.4, 0.5) is 4.39 Å². The van der Waals surface area contributed by atoms with Gasteiger partial charge in [0.1, 0.15) is 0 Å². The summed E-state index contributed by atoms with van der Waals surface area (Å²) in [5.41, 5.74) is 1.41. The topological polar surface area (TPSA) is 15.6 Å². The number of piperidine rings is 1. The summed E-state index contributed by atoms with van der Waals surface area (Å²) in [7, 11) is 0. The molecule has 0 saturated carbocycles. The molecule has 1 saturated heterocycles. The number of halogens is 1. The minimum Gasteiger partial charge on any atom is -0.373 e. The first kappa shape index (κ1) is 13.9. The largest absolute Gasteiger partial charge is 0.373 e. The number of hydrogen-bond acceptors (Lipinski definition) is 2. The van der Waals surface area contributed by atoms with Crippen molar-refractivity contribution in [2.24, 2.45) is 10.9 Å². The summed E-state index contributed by atoms with van der Waals surface area (Å²) in [4.78, 5) is 6.16. The van der Waals surface area contributed by atoms with Crippen LogP contribution >= 0.6 is 0 Å². The quantitative estimate of drug-likeness (QED) is 0.678. The van der Waals surface area contributed by atoms with E-state index >= 15 is 0 Å². The Balaban J connectivity index is 2.65. The lowest BCUT2D eigenvalue weighted by atomic mass is 10.1. The molecule has 0 aliphatic carbocycles. The van der Waals surface area contributed by atoms with Crippen molar-refractivity contribution >= 4 is 6.21 Å². The number of allylic oxidation sites excluding steroid dienone is 3. The third kappa shape index (κ3) is 4.33. The van der Waals surface area contributed by atoms with E-state index in [1.54, 1.807) is 0 Å². The van der Waals surface area contributed by atoms with E-state index in [0.29, 0.717) is 11.4 Å². The lowest BCUT2D eigenvalue weighted by Crippen LogP contribution is -2.28. The molecule has 3 heteroatoms. The second-order valence-corrected chi connectivity index (χ2v) is 4.89. The smallest absolute Gasteiger partial charge is 0.160 e. The van der Waals surface area contributed by atoms with Crippen molar-refractivity contribution in [3.8, 4) is 0 Å². The Morgan fingerprint density at radius 2 is 1.88 bits per heavy atom. The maximum atomic E-state index is 13.9. The van der Waals surface area contributed by atoms with Crippen LogP contribution in [0.3, 0.4) is 0 Å². The van der Waals surface area contributed by atoms with Crippen molar-refractivity contribution in [2.45, 2.75) is 40.0 Å². The van der Waals surface area contributed by atoms with Gasteiger partial charge in [0.2, 0.25) is 0 Å². The van der Waals surface area contributed by atoms with E-state index in [1.807, 2.05) is 20.8 Å². The predicted molar refractivity (Wildman–Crippen MR) is 71.7 cm³/mol. The maximum absolute atomic E-state index is 13.9. The number of rotatable bonds is 4. The highest BCUT2D eigenvalue weighted by Gasteiger charge is 2.13. The molecule has 1 heterocycles. The molecule has 0 atom stereocenters. The lowest BCUT2D eigenvalue weighted by Gasteiger charge is -2.29. The van der Waals surface area contributed by atoms with Gasteiger partial charge in [-0.15, -0.1) is 0 Å². The van der Waals surface area contributed by atoms with Crippen molar-refractivity contribution in [1.29, 1.82) is 0 Å². The summed E-state index contributed by atoms with van der Waals surface area (Å²) in [6.07, 6.45) is 4.86. The zero-order valence-electron chi connectivity index (χ0n) is 11.2. The molecule has 0 N–H and O–H groups in total. The van der Waals surface area contributed by atoms with Gasteiger partial charge in [0.05, 0.1) is 6.21 Å². The third-order valence-corrected chi connectivity index (χ3v) is 3.19. The molecule has 0 aromatic carbocycles. The molecule has 0 bridgehead atoms. The molecule has 17 heavy (non-hydrogen) atoms. The van der Waals surface area contributed by atoms with E-state index in [2.05, 4.69) is 16.5 Å². The summed E-state index contributed by atoms with van der Waals surface area (Å²) >= 11 is 0. The molecule has 0 amide bonds. The minimum absolute atomic E-state index is 0.242. The van der Waals surface area contributed by atoms with Gasteiger partial charge in [-0.2, -0.15) is 0 Å². The lowest BCUT2D eigenvalue weighted by molar-refractivity contribution is 0.279. The molecule has 0 unspecified atom stereocenters. The molecule has 1 aliphatic rings. The van der Waals surface area contributed by atoms with E-state index in [9.17, 15) is 4.39 Å². The van der Waals surface area contributed by atoms with Crippen LogP contribution in [0, 0.1) is 5.92 Å². The van der Waals surface area contributed by atoms with Crippen molar-refractivity contribution in [3.05, 3.63) is 23.8 Å². The van der Waals surface area contributed by atoms with E-state index in [1.165, 1.54) is 12.6 Å². The Morgan fingerprint density at radius 1 is 1.29 bits per heavy atom. The highest BCUT2D eigenvalue weighted by Crippen LogP contribution is 2.17. The number of aliphatic imine (C=N–C) groups is 1. The molecule has 0 aromatic rings. The zero-order valence-corrected chi connectivity index (χ0v) is 11.2. The van der Waals surface area contributed by atoms with Crippen LogP contribution in [0.5, 0.6) is 0 Å². The number of likely N-dealkylation sites (tertiary alicyclic amines) is 1. The fraction of sp³-hybridized carbons (Fsp3) is 0.643. The van der Waals surface area contributed by atoms with Gasteiger partial charge < -0.3 is 4.90 Å². The molecule has 1 aliphatic heterocycles. The average Bonchev–Trinajstić information content (AvgIpc) is 2.35. The SMILES string of the molecule is C=C(N=C/C(F)=C(\C)N1CCCCC1)C(C)C. The summed E-state index contributed by atoms with van der Waals surface area (Å²) in [5, 5.41) is 0. The average molecular weight is 238 g/mol. The fourth-order valence-corrected chi connectivity index (χ4v) is 1.76. The van der Waals surface area contributed by atoms with Crippen molar-refractivity contribution in [2.75, 3.05) is 13.1 Å². The van der Waals surface area contributed by atoms with E-state index in [-0.39, 0.29) is 11.7 Å². The normalized spacial score (nSPS) is 18.8. The van der Waals surface area contributed by atoms with Crippen molar-refractivity contribution in [1.82, 2.24) is 4.90 Å². The van der Waals surface area contributed by atoms with Crippen LogP contribution in [-0.4, -0.2) is 24.2 Å². The first-order valence-corrected chi connectivity index (χ1v) is 6.36. The Bertz CT molecular complexity index is 323. The van der Waals surface area contributed by atoms with Crippen LogP contribution in [-0.2, 0) is 0 Å². The van der Waals surface area contributed by atoms with Gasteiger partial charge in [0.15, 0.2) is 5.83 Å². The Labute approximate surface area is 104 Å². The zero-order chi connectivity index (χ0) is 12.8. The summed E-state index contributed by atoms with van der Waals surface area (Å²) in [6.45, 7) is 11.5. The van der Waals surface area contributed by atoms with Crippen molar-refractivity contribution < 1.29 is 4.39 Å². The standard InChI is InChI=1S/C14H23FN2/c1-11(2)12(3)16-10-14(15)13(4)17-8-6-5-7-9-17/h10-11H,3,5-9H2,1-2,4H3/b14-13-,16-10?. The second kappa shape index (κ2) is 6.58. The molecule has 0 radical (unpaired) electrons. The van der Waals surface area contributed by atoms with Crippen LogP contribution in [0.1, 0.15) is 40.0 Å². The van der Waals surface area contributed by atoms with Gasteiger partial charge in [-0.25, -0.2) is 4.39 Å². The molecule has 1 rings (SSSR count). The van der Waals surface area contributed by atoms with E-state index < -0.39 is 0 Å². The van der Waals surface area contributed by atoms with E-state index in [0.717, 1.165) is 25.9 Å². The Morgan fingerprint density at radius 3 is 2.41 bits per heavy atom. The number of nitrogens with zero attached hydrogens (tertiary/aromatic N) is 2. The van der Waals surface area contributed by atoms with E-state index in [4.69, 9.17) is 0 Å². The van der Waals surface area contributed by atoms with Gasteiger partial charge >= 0.3 is 0 Å². The van der Waals surface area contributed by atoms with Gasteiger partial charge in [-0.1, -0.05) is 20.4 Å². The Hall–Kier alpha value is -1.12. The van der Waals surface area contributed by atoms with Gasteiger partial charge in [0, 0.05) is 24.5 Å². The molecule has 1 fully saturated rings. The van der Waals surface area contributed by atoms with Crippen LogP contribution in [0.15, 0.2) is 28.8 Å². The number of hydrogen-bond donors (Lipinski definition) is 0. The van der Waals surface area contributed by atoms with Gasteiger partial charge in [-0.3, -0.25) is 4.99 Å². The van der Waals surface area contributed by atoms with Gasteiger partial charge in [0.25, 0.3) is 0 Å². The second-order valence-electron chi connectivity index (χ2n) is 4.89. The first-order valence-electron chi connectivity index (χ1n) is 6.36. The van der Waals surface area contributed by atoms with Crippen LogP contribution in [0.2, 0.25) is 0 Å². The molecular weight excluding hydrogens is 215 g/mol. The van der Waals surface area contributed by atoms with Crippen LogP contribution in [0.25, 0.3) is 0 Å². The summed E-state index contributed by atoms with van der Waals surface area (Å²) in [5.74, 6) is 0.0167. The third-order valence-electron chi connectivity index (χ3n) is 3.19. The van der Waals surface area contributed by atoms with Gasteiger partial charge in [-0.05, 0) is 32.1 Å². The summed E-state index contributed by atoms with van der Waals surface area (Å²) in [6, 6.07) is 0. The molecular formula is C14H23FN2. The highest BCUT2D eigenvalue weighted by molar-refractivity contribution is 5.77. The first-order chi connectivity index (χ1) is 8.02. The monoisotopic (exact) mass is 238 g/mol. The molecule has 96 valence electrons. The van der Waals surface area contributed by atoms with Crippen LogP contribution < -0.4 is 0 Å². The predicted octanol–water partition coefficient (Wildman–Crippen LogP) is 3.91. The summed E-state index contributed by atoms with van der Waals surface area (Å²) < 4.78 is 13.9. The maximum Gasteiger partial charge on any atom is 0.160 e.